The second kappa shape index (κ2) is 5.34. The minimum Gasteiger partial charge on any atom is -0.465 e. The quantitative estimate of drug-likeness (QED) is 0.605. The third-order valence-electron chi connectivity index (χ3n) is 3.43. The van der Waals surface area contributed by atoms with Crippen molar-refractivity contribution in [3.05, 3.63) is 47.8 Å². The Morgan fingerprint density at radius 2 is 2.06 bits per heavy atom. The molecule has 0 saturated carbocycles. The van der Waals surface area contributed by atoms with Crippen molar-refractivity contribution in [2.45, 2.75) is 31.6 Å². The van der Waals surface area contributed by atoms with Crippen LogP contribution in [0.4, 0.5) is 4.39 Å². The molecule has 1 unspecified atom stereocenters. The molecule has 0 N–H and O–H groups in total. The number of carbonyl (C=O) groups is 1. The van der Waals surface area contributed by atoms with Crippen LogP contribution < -0.4 is 0 Å². The van der Waals surface area contributed by atoms with E-state index in [-0.39, 0.29) is 11.8 Å². The van der Waals surface area contributed by atoms with Gasteiger partial charge in [-0.15, -0.1) is 0 Å². The average molecular weight is 248 g/mol. The Morgan fingerprint density at radius 3 is 2.61 bits per heavy atom. The molecule has 18 heavy (non-hydrogen) atoms. The van der Waals surface area contributed by atoms with Gasteiger partial charge in [-0.2, -0.15) is 0 Å². The molecule has 0 amide bonds. The Kier molecular flexibility index (Phi) is 3.80. The van der Waals surface area contributed by atoms with Crippen molar-refractivity contribution in [2.24, 2.45) is 0 Å². The lowest BCUT2D eigenvalue weighted by atomic mass is 9.72. The summed E-state index contributed by atoms with van der Waals surface area (Å²) in [7, 11) is 0. The van der Waals surface area contributed by atoms with Crippen LogP contribution in [-0.2, 0) is 14.9 Å². The highest BCUT2D eigenvalue weighted by atomic mass is 19.1. The zero-order valence-electron chi connectivity index (χ0n) is 10.5. The molecule has 0 aromatic heterocycles. The summed E-state index contributed by atoms with van der Waals surface area (Å²) in [5.41, 5.74) is 0.199. The van der Waals surface area contributed by atoms with E-state index in [1.165, 1.54) is 12.1 Å². The summed E-state index contributed by atoms with van der Waals surface area (Å²) in [5, 5.41) is 0. The van der Waals surface area contributed by atoms with Gasteiger partial charge in [0.1, 0.15) is 5.82 Å². The number of rotatable bonds is 3. The van der Waals surface area contributed by atoms with Crippen LogP contribution in [0.25, 0.3) is 0 Å². The van der Waals surface area contributed by atoms with Gasteiger partial charge in [-0.25, -0.2) is 4.39 Å². The van der Waals surface area contributed by atoms with Gasteiger partial charge in [0.05, 0.1) is 12.0 Å². The number of esters is 1. The molecule has 2 rings (SSSR count). The van der Waals surface area contributed by atoms with Crippen LogP contribution in [0.2, 0.25) is 0 Å². The lowest BCUT2D eigenvalue weighted by Gasteiger charge is -2.32. The Hall–Kier alpha value is -1.64. The number of allylic oxidation sites excluding steroid dienone is 2. The summed E-state index contributed by atoms with van der Waals surface area (Å²) in [6, 6.07) is 6.17. The van der Waals surface area contributed by atoms with E-state index in [2.05, 4.69) is 6.08 Å². The van der Waals surface area contributed by atoms with E-state index in [4.69, 9.17) is 4.74 Å². The van der Waals surface area contributed by atoms with E-state index < -0.39 is 5.41 Å². The summed E-state index contributed by atoms with van der Waals surface area (Å²) < 4.78 is 18.2. The fraction of sp³-hybridized carbons (Fsp3) is 0.400. The third kappa shape index (κ3) is 2.30. The third-order valence-corrected chi connectivity index (χ3v) is 3.43. The highest BCUT2D eigenvalue weighted by molar-refractivity contribution is 5.83. The zero-order valence-corrected chi connectivity index (χ0v) is 10.5. The maximum Gasteiger partial charge on any atom is 0.316 e. The molecule has 2 nitrogen and oxygen atoms in total. The monoisotopic (exact) mass is 248 g/mol. The molecular weight excluding hydrogens is 231 g/mol. The van der Waals surface area contributed by atoms with Gasteiger partial charge >= 0.3 is 5.97 Å². The van der Waals surface area contributed by atoms with Crippen LogP contribution in [0.1, 0.15) is 31.7 Å². The zero-order chi connectivity index (χ0) is 13.0. The van der Waals surface area contributed by atoms with Crippen molar-refractivity contribution in [3.8, 4) is 0 Å². The van der Waals surface area contributed by atoms with Crippen molar-refractivity contribution in [2.75, 3.05) is 6.61 Å². The molecule has 1 aromatic rings. The molecule has 1 atom stereocenters. The van der Waals surface area contributed by atoms with E-state index in [1.54, 1.807) is 19.1 Å². The van der Waals surface area contributed by atoms with Crippen molar-refractivity contribution in [3.63, 3.8) is 0 Å². The molecule has 3 heteroatoms. The largest absolute Gasteiger partial charge is 0.465 e. The molecule has 1 aliphatic carbocycles. The van der Waals surface area contributed by atoms with Gasteiger partial charge in [0, 0.05) is 0 Å². The van der Waals surface area contributed by atoms with Crippen LogP contribution in [0, 0.1) is 5.82 Å². The number of hydrogen-bond acceptors (Lipinski definition) is 2. The molecule has 1 aliphatic rings. The maximum atomic E-state index is 13.0. The van der Waals surface area contributed by atoms with Crippen LogP contribution in [0.15, 0.2) is 36.4 Å². The standard InChI is InChI=1S/C15H17FO2/c1-2-18-14(17)15(10-4-3-5-11-15)12-6-8-13(16)9-7-12/h3-4,6-9H,2,5,10-11H2,1H3. The minimum atomic E-state index is -0.640. The predicted octanol–water partition coefficient (Wildman–Crippen LogP) is 3.37. The summed E-state index contributed by atoms with van der Waals surface area (Å²) in [6.45, 7) is 2.17. The van der Waals surface area contributed by atoms with Gasteiger partial charge in [-0.1, -0.05) is 24.3 Å². The van der Waals surface area contributed by atoms with E-state index in [0.717, 1.165) is 12.0 Å². The van der Waals surface area contributed by atoms with Crippen LogP contribution in [0.5, 0.6) is 0 Å². The molecule has 96 valence electrons. The van der Waals surface area contributed by atoms with E-state index >= 15 is 0 Å². The average Bonchev–Trinajstić information content (AvgIpc) is 2.40. The fourth-order valence-corrected chi connectivity index (χ4v) is 2.44. The highest BCUT2D eigenvalue weighted by Gasteiger charge is 2.41. The second-order valence-electron chi connectivity index (χ2n) is 4.52. The normalized spacial score (nSPS) is 22.8. The first-order chi connectivity index (χ1) is 8.69. The van der Waals surface area contributed by atoms with Crippen molar-refractivity contribution in [1.29, 1.82) is 0 Å². The van der Waals surface area contributed by atoms with Gasteiger partial charge in [0.25, 0.3) is 0 Å². The van der Waals surface area contributed by atoms with E-state index in [1.807, 2.05) is 6.08 Å². The molecule has 0 saturated heterocycles. The summed E-state index contributed by atoms with van der Waals surface area (Å²) in [5.74, 6) is -0.495. The molecule has 0 bridgehead atoms. The Bertz CT molecular complexity index is 450. The molecule has 0 aliphatic heterocycles. The number of benzene rings is 1. The second-order valence-corrected chi connectivity index (χ2v) is 4.52. The predicted molar refractivity (Wildman–Crippen MR) is 67.7 cm³/mol. The first-order valence-corrected chi connectivity index (χ1v) is 6.27. The Morgan fingerprint density at radius 1 is 1.33 bits per heavy atom. The number of carbonyl (C=O) groups excluding carboxylic acids is 1. The van der Waals surface area contributed by atoms with Gasteiger partial charge in [0.2, 0.25) is 0 Å². The summed E-state index contributed by atoms with van der Waals surface area (Å²) in [4.78, 5) is 12.3. The van der Waals surface area contributed by atoms with Crippen LogP contribution >= 0.6 is 0 Å². The van der Waals surface area contributed by atoms with Crippen LogP contribution in [0.3, 0.4) is 0 Å². The fourth-order valence-electron chi connectivity index (χ4n) is 2.44. The number of halogens is 1. The topological polar surface area (TPSA) is 26.3 Å². The smallest absolute Gasteiger partial charge is 0.316 e. The first-order valence-electron chi connectivity index (χ1n) is 6.27. The maximum absolute atomic E-state index is 13.0. The van der Waals surface area contributed by atoms with E-state index in [0.29, 0.717) is 19.4 Å². The highest BCUT2D eigenvalue weighted by Crippen LogP contribution is 2.38. The number of ether oxygens (including phenoxy) is 1. The molecule has 0 heterocycles. The molecule has 1 aromatic carbocycles. The van der Waals surface area contributed by atoms with Crippen LogP contribution in [-0.4, -0.2) is 12.6 Å². The van der Waals surface area contributed by atoms with Gasteiger partial charge in [0.15, 0.2) is 0 Å². The Labute approximate surface area is 106 Å². The SMILES string of the molecule is CCOC(=O)C1(c2ccc(F)cc2)CC=CCC1. The lowest BCUT2D eigenvalue weighted by Crippen LogP contribution is -2.38. The van der Waals surface area contributed by atoms with Gasteiger partial charge in [-0.3, -0.25) is 4.79 Å². The Balaban J connectivity index is 2.38. The molecular formula is C15H17FO2. The van der Waals surface area contributed by atoms with Gasteiger partial charge in [-0.05, 0) is 43.9 Å². The van der Waals surface area contributed by atoms with Crippen molar-refractivity contribution in [1.82, 2.24) is 0 Å². The molecule has 0 radical (unpaired) electrons. The van der Waals surface area contributed by atoms with Crippen molar-refractivity contribution >= 4 is 5.97 Å². The number of hydrogen-bond donors (Lipinski definition) is 0. The molecule has 0 spiro atoms. The molecule has 0 fully saturated rings. The van der Waals surface area contributed by atoms with Crippen molar-refractivity contribution < 1.29 is 13.9 Å². The lowest BCUT2D eigenvalue weighted by molar-refractivity contribution is -0.150. The van der Waals surface area contributed by atoms with Gasteiger partial charge < -0.3 is 4.74 Å². The van der Waals surface area contributed by atoms with E-state index in [9.17, 15) is 9.18 Å². The summed E-state index contributed by atoms with van der Waals surface area (Å²) >= 11 is 0. The minimum absolute atomic E-state index is 0.207. The first kappa shape index (κ1) is 12.8. The summed E-state index contributed by atoms with van der Waals surface area (Å²) in [6.07, 6.45) is 6.26.